The van der Waals surface area contributed by atoms with Crippen LogP contribution in [0, 0.1) is 23.3 Å². The van der Waals surface area contributed by atoms with E-state index in [0.717, 1.165) is 0 Å². The molecule has 0 saturated heterocycles. The highest BCUT2D eigenvalue weighted by Crippen LogP contribution is 2.18. The molecule has 1 atom stereocenters. The number of nitrogens with one attached hydrogen (secondary N) is 1. The molecule has 0 bridgehead atoms. The van der Waals surface area contributed by atoms with Gasteiger partial charge in [-0.2, -0.15) is 0 Å². The molecule has 1 amide bonds. The fraction of sp³-hybridized carbons (Fsp3) is 0.364. The first-order valence-electron chi connectivity index (χ1n) is 5.17. The normalized spacial score (nSPS) is 12.3. The molecule has 0 aromatic heterocycles. The second kappa shape index (κ2) is 5.81. The summed E-state index contributed by atoms with van der Waals surface area (Å²) in [7, 11) is 0. The van der Waals surface area contributed by atoms with Crippen LogP contribution in [0.25, 0.3) is 0 Å². The van der Waals surface area contributed by atoms with Crippen molar-refractivity contribution in [3.63, 3.8) is 0 Å². The Bertz CT molecular complexity index is 465. The summed E-state index contributed by atoms with van der Waals surface area (Å²) in [6.07, 6.45) is -0.512. The first kappa shape index (κ1) is 14.4. The number of amides is 1. The highest BCUT2D eigenvalue weighted by Gasteiger charge is 2.23. The first-order valence-corrected chi connectivity index (χ1v) is 5.17. The van der Waals surface area contributed by atoms with Gasteiger partial charge in [-0.25, -0.2) is 17.6 Å². The number of hydrogen-bond acceptors (Lipinski definition) is 2. The van der Waals surface area contributed by atoms with Gasteiger partial charge in [0.25, 0.3) is 5.91 Å². The molecule has 0 saturated carbocycles. The summed E-state index contributed by atoms with van der Waals surface area (Å²) in [5, 5.41) is 11.2. The molecular formula is C11H11F4NO2. The molecule has 0 spiro atoms. The molecule has 0 aliphatic carbocycles. The SMILES string of the molecule is CCC(O)CNC(=O)c1cc(F)c(F)c(F)c1F. The molecule has 0 aliphatic heterocycles. The van der Waals surface area contributed by atoms with E-state index in [2.05, 4.69) is 5.32 Å². The van der Waals surface area contributed by atoms with Crippen molar-refractivity contribution >= 4 is 5.91 Å². The van der Waals surface area contributed by atoms with E-state index in [4.69, 9.17) is 5.11 Å². The van der Waals surface area contributed by atoms with Crippen LogP contribution in [0.15, 0.2) is 6.07 Å². The summed E-state index contributed by atoms with van der Waals surface area (Å²) in [5.41, 5.74) is -0.949. The van der Waals surface area contributed by atoms with E-state index < -0.39 is 40.8 Å². The van der Waals surface area contributed by atoms with Crippen molar-refractivity contribution in [2.75, 3.05) is 6.54 Å². The fourth-order valence-corrected chi connectivity index (χ4v) is 1.19. The minimum absolute atomic E-state index is 0.199. The Morgan fingerprint density at radius 3 is 2.44 bits per heavy atom. The van der Waals surface area contributed by atoms with Crippen molar-refractivity contribution in [2.24, 2.45) is 0 Å². The van der Waals surface area contributed by atoms with Crippen molar-refractivity contribution < 1.29 is 27.5 Å². The third-order valence-electron chi connectivity index (χ3n) is 2.32. The maximum absolute atomic E-state index is 13.2. The molecule has 18 heavy (non-hydrogen) atoms. The van der Waals surface area contributed by atoms with Gasteiger partial charge in [0.05, 0.1) is 11.7 Å². The number of rotatable bonds is 4. The van der Waals surface area contributed by atoms with Gasteiger partial charge in [-0.05, 0) is 12.5 Å². The lowest BCUT2D eigenvalue weighted by Gasteiger charge is -2.10. The van der Waals surface area contributed by atoms with Crippen LogP contribution < -0.4 is 5.32 Å². The third-order valence-corrected chi connectivity index (χ3v) is 2.32. The van der Waals surface area contributed by atoms with Crippen molar-refractivity contribution in [1.82, 2.24) is 5.32 Å². The lowest BCUT2D eigenvalue weighted by molar-refractivity contribution is 0.0908. The second-order valence-corrected chi connectivity index (χ2v) is 3.62. The van der Waals surface area contributed by atoms with Crippen LogP contribution in [0.3, 0.4) is 0 Å². The Morgan fingerprint density at radius 2 is 1.89 bits per heavy atom. The molecule has 1 unspecified atom stereocenters. The Hall–Kier alpha value is -1.63. The van der Waals surface area contributed by atoms with Gasteiger partial charge in [-0.1, -0.05) is 6.92 Å². The van der Waals surface area contributed by atoms with Crippen LogP contribution in [0.1, 0.15) is 23.7 Å². The average Bonchev–Trinajstić information content (AvgIpc) is 2.37. The standard InChI is InChI=1S/C11H11F4NO2/c1-2-5(17)4-16-11(18)6-3-7(12)9(14)10(15)8(6)13/h3,5,17H,2,4H2,1H3,(H,16,18). The van der Waals surface area contributed by atoms with Gasteiger partial charge in [-0.15, -0.1) is 0 Å². The molecule has 2 N–H and O–H groups in total. The Kier molecular flexibility index (Phi) is 4.66. The topological polar surface area (TPSA) is 49.3 Å². The summed E-state index contributed by atoms with van der Waals surface area (Å²) in [6.45, 7) is 1.45. The predicted octanol–water partition coefficient (Wildman–Crippen LogP) is 1.74. The summed E-state index contributed by atoms with van der Waals surface area (Å²) < 4.78 is 51.5. The maximum Gasteiger partial charge on any atom is 0.254 e. The van der Waals surface area contributed by atoms with E-state index in [1.54, 1.807) is 6.92 Å². The highest BCUT2D eigenvalue weighted by molar-refractivity contribution is 5.94. The average molecular weight is 265 g/mol. The van der Waals surface area contributed by atoms with Crippen molar-refractivity contribution in [3.8, 4) is 0 Å². The lowest BCUT2D eigenvalue weighted by Crippen LogP contribution is -2.32. The maximum atomic E-state index is 13.2. The Balaban J connectivity index is 2.93. The van der Waals surface area contributed by atoms with Gasteiger partial charge >= 0.3 is 0 Å². The second-order valence-electron chi connectivity index (χ2n) is 3.62. The molecule has 7 heteroatoms. The number of carbonyl (C=O) groups is 1. The molecule has 0 fully saturated rings. The summed E-state index contributed by atoms with van der Waals surface area (Å²) in [6, 6.07) is 0.265. The Morgan fingerprint density at radius 1 is 1.28 bits per heavy atom. The predicted molar refractivity (Wildman–Crippen MR) is 54.9 cm³/mol. The van der Waals surface area contributed by atoms with Crippen LogP contribution in [-0.2, 0) is 0 Å². The number of aliphatic hydroxyl groups excluding tert-OH is 1. The molecule has 1 aromatic rings. The molecule has 1 rings (SSSR count). The van der Waals surface area contributed by atoms with E-state index in [0.29, 0.717) is 6.42 Å². The van der Waals surface area contributed by atoms with E-state index in [-0.39, 0.29) is 12.6 Å². The fourth-order valence-electron chi connectivity index (χ4n) is 1.19. The zero-order valence-corrected chi connectivity index (χ0v) is 9.44. The van der Waals surface area contributed by atoms with Crippen molar-refractivity contribution in [1.29, 1.82) is 0 Å². The molecule has 0 heterocycles. The van der Waals surface area contributed by atoms with E-state index >= 15 is 0 Å². The molecule has 0 aliphatic rings. The van der Waals surface area contributed by atoms with E-state index in [9.17, 15) is 22.4 Å². The first-order chi connectivity index (χ1) is 8.38. The number of halogens is 4. The van der Waals surface area contributed by atoms with E-state index in [1.807, 2.05) is 0 Å². The van der Waals surface area contributed by atoms with Crippen LogP contribution >= 0.6 is 0 Å². The smallest absolute Gasteiger partial charge is 0.254 e. The van der Waals surface area contributed by atoms with Crippen molar-refractivity contribution in [2.45, 2.75) is 19.4 Å². The molecule has 1 aromatic carbocycles. The summed E-state index contributed by atoms with van der Waals surface area (Å²) >= 11 is 0. The van der Waals surface area contributed by atoms with Crippen LogP contribution in [-0.4, -0.2) is 23.7 Å². The minimum atomic E-state index is -2.05. The van der Waals surface area contributed by atoms with Gasteiger partial charge in [0.1, 0.15) is 0 Å². The lowest BCUT2D eigenvalue weighted by atomic mass is 10.1. The number of hydrogen-bond donors (Lipinski definition) is 2. The molecule has 3 nitrogen and oxygen atoms in total. The van der Waals surface area contributed by atoms with Gasteiger partial charge in [-0.3, -0.25) is 4.79 Å². The number of carbonyl (C=O) groups excluding carboxylic acids is 1. The van der Waals surface area contributed by atoms with Crippen molar-refractivity contribution in [3.05, 3.63) is 34.9 Å². The largest absolute Gasteiger partial charge is 0.391 e. The van der Waals surface area contributed by atoms with Gasteiger partial charge in [0, 0.05) is 6.54 Å². The summed E-state index contributed by atoms with van der Waals surface area (Å²) in [5.74, 6) is -8.57. The van der Waals surface area contributed by atoms with Crippen LogP contribution in [0.2, 0.25) is 0 Å². The third kappa shape index (κ3) is 2.98. The van der Waals surface area contributed by atoms with Gasteiger partial charge in [0.15, 0.2) is 23.3 Å². The molecular weight excluding hydrogens is 254 g/mol. The summed E-state index contributed by atoms with van der Waals surface area (Å²) in [4.78, 5) is 11.4. The molecule has 100 valence electrons. The number of benzene rings is 1. The number of aliphatic hydroxyl groups is 1. The van der Waals surface area contributed by atoms with Gasteiger partial charge in [0.2, 0.25) is 0 Å². The monoisotopic (exact) mass is 265 g/mol. The quantitative estimate of drug-likeness (QED) is 0.495. The van der Waals surface area contributed by atoms with Crippen LogP contribution in [0.5, 0.6) is 0 Å². The highest BCUT2D eigenvalue weighted by atomic mass is 19.2. The zero-order valence-electron chi connectivity index (χ0n) is 9.44. The zero-order chi connectivity index (χ0) is 13.9. The van der Waals surface area contributed by atoms with E-state index in [1.165, 1.54) is 0 Å². The minimum Gasteiger partial charge on any atom is -0.391 e. The van der Waals surface area contributed by atoms with Crippen LogP contribution in [0.4, 0.5) is 17.6 Å². The van der Waals surface area contributed by atoms with Gasteiger partial charge < -0.3 is 10.4 Å². The Labute approximate surface area is 100 Å². The molecule has 0 radical (unpaired) electrons.